The molecule has 0 aromatic heterocycles. The van der Waals surface area contributed by atoms with Crippen molar-refractivity contribution in [1.82, 2.24) is 10.2 Å². The fraction of sp³-hybridized carbons (Fsp3) is 0.833. The van der Waals surface area contributed by atoms with Crippen LogP contribution in [0.4, 0.5) is 9.59 Å². The summed E-state index contributed by atoms with van der Waals surface area (Å²) in [5.41, 5.74) is 0.646. The summed E-state index contributed by atoms with van der Waals surface area (Å²) < 4.78 is 29.3. The lowest BCUT2D eigenvalue weighted by Crippen LogP contribution is -2.59. The van der Waals surface area contributed by atoms with Gasteiger partial charge in [0.2, 0.25) is 0 Å². The van der Waals surface area contributed by atoms with Crippen molar-refractivity contribution in [2.24, 2.45) is 5.92 Å². The predicted molar refractivity (Wildman–Crippen MR) is 120 cm³/mol. The smallest absolute Gasteiger partial charge is 0.410 e. The van der Waals surface area contributed by atoms with Crippen LogP contribution >= 0.6 is 0 Å². The molecule has 0 aromatic rings. The zero-order valence-electron chi connectivity index (χ0n) is 20.6. The molecule has 3 saturated heterocycles. The van der Waals surface area contributed by atoms with E-state index in [1.807, 2.05) is 13.8 Å². The molecule has 4 aliphatic rings. The first-order valence-corrected chi connectivity index (χ1v) is 12.0. The van der Waals surface area contributed by atoms with Crippen molar-refractivity contribution in [3.8, 4) is 0 Å². The number of rotatable bonds is 7. The molecule has 33 heavy (non-hydrogen) atoms. The predicted octanol–water partition coefficient (Wildman–Crippen LogP) is 3.02. The zero-order valence-corrected chi connectivity index (χ0v) is 20.6. The number of ether oxygens (including phenoxy) is 5. The van der Waals surface area contributed by atoms with Crippen molar-refractivity contribution in [3.63, 3.8) is 0 Å². The van der Waals surface area contributed by atoms with Gasteiger partial charge >= 0.3 is 12.2 Å². The summed E-state index contributed by atoms with van der Waals surface area (Å²) in [6, 6.07) is 0.00142. The normalized spacial score (nSPS) is 37.4. The number of amides is 2. The maximum absolute atomic E-state index is 12.8. The second-order valence-corrected chi connectivity index (χ2v) is 10.5. The Kier molecular flexibility index (Phi) is 6.68. The van der Waals surface area contributed by atoms with E-state index in [4.69, 9.17) is 23.7 Å². The molecule has 3 heterocycles. The third kappa shape index (κ3) is 5.00. The Morgan fingerprint density at radius 3 is 2.52 bits per heavy atom. The summed E-state index contributed by atoms with van der Waals surface area (Å²) in [6.45, 7) is 11.4. The third-order valence-electron chi connectivity index (χ3n) is 7.28. The molecule has 1 spiro atoms. The lowest BCUT2D eigenvalue weighted by Gasteiger charge is -2.44. The Morgan fingerprint density at radius 2 is 1.94 bits per heavy atom. The molecule has 0 unspecified atom stereocenters. The number of epoxide rings is 2. The summed E-state index contributed by atoms with van der Waals surface area (Å²) in [4.78, 5) is 26.1. The highest BCUT2D eigenvalue weighted by atomic mass is 16.6. The summed E-state index contributed by atoms with van der Waals surface area (Å²) >= 11 is 0. The largest absolute Gasteiger partial charge is 0.443 e. The fourth-order valence-electron chi connectivity index (χ4n) is 5.36. The Labute approximate surface area is 196 Å². The first-order chi connectivity index (χ1) is 15.6. The van der Waals surface area contributed by atoms with Gasteiger partial charge in [0.15, 0.2) is 0 Å². The van der Waals surface area contributed by atoms with Crippen LogP contribution < -0.4 is 5.32 Å². The highest BCUT2D eigenvalue weighted by molar-refractivity contribution is 5.70. The summed E-state index contributed by atoms with van der Waals surface area (Å²) in [5.74, 6) is -0.00989. The van der Waals surface area contributed by atoms with Crippen molar-refractivity contribution >= 4 is 12.2 Å². The number of alkyl carbamates (subject to hydrolysis) is 1. The number of methoxy groups -OCH3 is 1. The molecule has 4 rings (SSSR count). The topological polar surface area (TPSA) is 102 Å². The van der Waals surface area contributed by atoms with E-state index >= 15 is 0 Å². The molecular formula is C24H38N2O7. The molecule has 9 heteroatoms. The molecule has 186 valence electrons. The SMILES string of the molecule is CO[C@@H]1[C@H](OC(=O)N2CC(OC(=O)NC(C)C)C2)CC[C@]2(CO2)[C@H]1[C@@]1(C)O[C@@H]1CC=C(C)C. The highest BCUT2D eigenvalue weighted by Gasteiger charge is 2.72. The summed E-state index contributed by atoms with van der Waals surface area (Å²) in [5, 5.41) is 2.68. The molecule has 0 bridgehead atoms. The molecule has 4 fully saturated rings. The maximum Gasteiger partial charge on any atom is 0.410 e. The van der Waals surface area contributed by atoms with Crippen LogP contribution in [0.1, 0.15) is 53.9 Å². The number of nitrogens with one attached hydrogen (secondary N) is 1. The van der Waals surface area contributed by atoms with E-state index < -0.39 is 12.2 Å². The van der Waals surface area contributed by atoms with Crippen molar-refractivity contribution in [2.75, 3.05) is 26.8 Å². The van der Waals surface area contributed by atoms with Gasteiger partial charge in [-0.3, -0.25) is 0 Å². The van der Waals surface area contributed by atoms with Crippen LogP contribution in [-0.2, 0) is 23.7 Å². The van der Waals surface area contributed by atoms with E-state index in [-0.39, 0.29) is 47.6 Å². The molecule has 6 atom stereocenters. The average Bonchev–Trinajstić information content (AvgIpc) is 3.61. The number of likely N-dealkylation sites (tertiary alicyclic amines) is 1. The number of carbonyl (C=O) groups is 2. The molecular weight excluding hydrogens is 428 g/mol. The van der Waals surface area contributed by atoms with Gasteiger partial charge in [-0.2, -0.15) is 0 Å². The lowest BCUT2D eigenvalue weighted by atomic mass is 9.68. The first kappa shape index (κ1) is 24.3. The Hall–Kier alpha value is -1.84. The van der Waals surface area contributed by atoms with Crippen LogP contribution in [0.3, 0.4) is 0 Å². The van der Waals surface area contributed by atoms with Crippen molar-refractivity contribution in [1.29, 1.82) is 0 Å². The number of nitrogens with zero attached hydrogens (tertiary/aromatic N) is 1. The van der Waals surface area contributed by atoms with Gasteiger partial charge < -0.3 is 33.9 Å². The minimum Gasteiger partial charge on any atom is -0.443 e. The molecule has 1 N–H and O–H groups in total. The average molecular weight is 467 g/mol. The van der Waals surface area contributed by atoms with Gasteiger partial charge in [-0.1, -0.05) is 11.6 Å². The van der Waals surface area contributed by atoms with E-state index in [1.54, 1.807) is 12.0 Å². The van der Waals surface area contributed by atoms with Gasteiger partial charge in [-0.15, -0.1) is 0 Å². The standard InChI is InChI=1S/C24H38N2O7/c1-14(2)7-8-18-23(5,33-18)20-19(29-6)17(9-10-24(20)13-30-24)32-22(28)26-11-16(12-26)31-21(27)25-15(3)4/h7,15-20H,8-13H2,1-6H3,(H,25,27)/t17-,18-,19-,20-,23+,24+/m1/s1. The van der Waals surface area contributed by atoms with Crippen molar-refractivity contribution < 1.29 is 33.3 Å². The van der Waals surface area contributed by atoms with Gasteiger partial charge in [-0.05, 0) is 53.9 Å². The summed E-state index contributed by atoms with van der Waals surface area (Å²) in [7, 11) is 1.66. The van der Waals surface area contributed by atoms with Gasteiger partial charge in [-0.25, -0.2) is 9.59 Å². The third-order valence-corrected chi connectivity index (χ3v) is 7.28. The highest BCUT2D eigenvalue weighted by Crippen LogP contribution is 2.59. The first-order valence-electron chi connectivity index (χ1n) is 12.0. The fourth-order valence-corrected chi connectivity index (χ4v) is 5.36. The van der Waals surface area contributed by atoms with Crippen LogP contribution in [-0.4, -0.2) is 85.6 Å². The Balaban J connectivity index is 1.34. The molecule has 1 saturated carbocycles. The molecule has 0 radical (unpaired) electrons. The summed E-state index contributed by atoms with van der Waals surface area (Å²) in [6.07, 6.45) is 2.78. The van der Waals surface area contributed by atoms with Gasteiger partial charge in [0.1, 0.15) is 29.5 Å². The number of allylic oxidation sites excluding steroid dienone is 1. The van der Waals surface area contributed by atoms with Crippen LogP contribution in [0.2, 0.25) is 0 Å². The Morgan fingerprint density at radius 1 is 1.24 bits per heavy atom. The van der Waals surface area contributed by atoms with Gasteiger partial charge in [0.05, 0.1) is 31.7 Å². The second kappa shape index (κ2) is 9.07. The van der Waals surface area contributed by atoms with E-state index in [1.165, 1.54) is 5.57 Å². The van der Waals surface area contributed by atoms with E-state index in [9.17, 15) is 9.59 Å². The number of carbonyl (C=O) groups excluding carboxylic acids is 2. The van der Waals surface area contributed by atoms with E-state index in [2.05, 4.69) is 32.2 Å². The lowest BCUT2D eigenvalue weighted by molar-refractivity contribution is -0.126. The molecule has 9 nitrogen and oxygen atoms in total. The maximum atomic E-state index is 12.8. The zero-order chi connectivity index (χ0) is 24.0. The van der Waals surface area contributed by atoms with Crippen LogP contribution in [0, 0.1) is 5.92 Å². The number of hydrogen-bond donors (Lipinski definition) is 1. The molecule has 2 amide bonds. The molecule has 1 aliphatic carbocycles. The molecule has 3 aliphatic heterocycles. The van der Waals surface area contributed by atoms with Crippen molar-refractivity contribution in [2.45, 2.75) is 95.5 Å². The van der Waals surface area contributed by atoms with Gasteiger partial charge in [0, 0.05) is 13.2 Å². The Bertz CT molecular complexity index is 786. The monoisotopic (exact) mass is 466 g/mol. The van der Waals surface area contributed by atoms with Crippen LogP contribution in [0.25, 0.3) is 0 Å². The van der Waals surface area contributed by atoms with Crippen LogP contribution in [0.15, 0.2) is 11.6 Å². The van der Waals surface area contributed by atoms with Crippen molar-refractivity contribution in [3.05, 3.63) is 11.6 Å². The van der Waals surface area contributed by atoms with E-state index in [0.29, 0.717) is 26.1 Å². The van der Waals surface area contributed by atoms with Gasteiger partial charge in [0.25, 0.3) is 0 Å². The number of hydrogen-bond acceptors (Lipinski definition) is 7. The van der Waals surface area contributed by atoms with Crippen LogP contribution in [0.5, 0.6) is 0 Å². The molecule has 0 aromatic carbocycles. The quantitative estimate of drug-likeness (QED) is 0.454. The second-order valence-electron chi connectivity index (χ2n) is 10.5. The minimum atomic E-state index is -0.465. The minimum absolute atomic E-state index is 0.00142. The van der Waals surface area contributed by atoms with E-state index in [0.717, 1.165) is 12.8 Å².